The number of likely N-dealkylation sites (N-methyl/N-ethyl adjacent to an activating group) is 1. The number of nitrogens with one attached hydrogen (secondary N) is 1. The lowest BCUT2D eigenvalue weighted by Crippen LogP contribution is -2.31. The Hall–Kier alpha value is -1.59. The molecule has 1 atom stereocenters. The topological polar surface area (TPSA) is 61.8 Å². The molecule has 2 rings (SSSR count). The third kappa shape index (κ3) is 2.40. The molecule has 0 fully saturated rings. The van der Waals surface area contributed by atoms with Crippen LogP contribution in [0.3, 0.4) is 0 Å². The van der Waals surface area contributed by atoms with Crippen molar-refractivity contribution in [2.45, 2.75) is 19.5 Å². The highest BCUT2D eigenvalue weighted by atomic mass is 16.5. The van der Waals surface area contributed by atoms with Crippen LogP contribution in [0.4, 0.5) is 0 Å². The van der Waals surface area contributed by atoms with Crippen molar-refractivity contribution in [3.63, 3.8) is 0 Å². The summed E-state index contributed by atoms with van der Waals surface area (Å²) >= 11 is 0. The summed E-state index contributed by atoms with van der Waals surface area (Å²) in [5.41, 5.74) is 3.06. The number of carbonyl (C=O) groups is 1. The minimum atomic E-state index is -0.526. The summed E-state index contributed by atoms with van der Waals surface area (Å²) in [5, 5.41) is 8.58. The van der Waals surface area contributed by atoms with Crippen molar-refractivity contribution in [2.75, 3.05) is 13.7 Å². The zero-order valence-corrected chi connectivity index (χ0v) is 9.93. The van der Waals surface area contributed by atoms with Crippen LogP contribution >= 0.6 is 0 Å². The standard InChI is InChI=1S/C12H16N2O3/c1-8-7-17-11-5-9(12(15)13-16)3-4-10(11)6-14(8)2/h3-5,8,16H,6-7H2,1-2H3,(H,13,15)/t8-/m1/s1. The predicted molar refractivity (Wildman–Crippen MR) is 62.1 cm³/mol. The maximum atomic E-state index is 11.3. The lowest BCUT2D eigenvalue weighted by atomic mass is 10.1. The van der Waals surface area contributed by atoms with Crippen LogP contribution in [0.5, 0.6) is 5.75 Å². The zero-order chi connectivity index (χ0) is 12.4. The van der Waals surface area contributed by atoms with Gasteiger partial charge in [-0.05, 0) is 26.1 Å². The van der Waals surface area contributed by atoms with Crippen molar-refractivity contribution in [3.05, 3.63) is 29.3 Å². The second kappa shape index (κ2) is 4.73. The zero-order valence-electron chi connectivity index (χ0n) is 9.93. The molecule has 0 radical (unpaired) electrons. The molecular formula is C12H16N2O3. The highest BCUT2D eigenvalue weighted by Crippen LogP contribution is 2.25. The van der Waals surface area contributed by atoms with Crippen molar-refractivity contribution >= 4 is 5.91 Å². The molecule has 5 nitrogen and oxygen atoms in total. The quantitative estimate of drug-likeness (QED) is 0.564. The molecule has 17 heavy (non-hydrogen) atoms. The molecule has 1 aliphatic heterocycles. The Labute approximate surface area is 99.9 Å². The van der Waals surface area contributed by atoms with E-state index in [0.29, 0.717) is 24.0 Å². The van der Waals surface area contributed by atoms with Gasteiger partial charge in [0.2, 0.25) is 0 Å². The van der Waals surface area contributed by atoms with Crippen molar-refractivity contribution in [2.24, 2.45) is 0 Å². The lowest BCUT2D eigenvalue weighted by Gasteiger charge is -2.19. The first kappa shape index (κ1) is 11.9. The van der Waals surface area contributed by atoms with Gasteiger partial charge in [0.1, 0.15) is 12.4 Å². The molecule has 1 aromatic rings. The van der Waals surface area contributed by atoms with Gasteiger partial charge >= 0.3 is 0 Å². The van der Waals surface area contributed by atoms with E-state index in [2.05, 4.69) is 11.8 Å². The second-order valence-electron chi connectivity index (χ2n) is 4.34. The number of benzene rings is 1. The van der Waals surface area contributed by atoms with Crippen LogP contribution in [0.1, 0.15) is 22.8 Å². The highest BCUT2D eigenvalue weighted by Gasteiger charge is 2.19. The molecule has 1 heterocycles. The highest BCUT2D eigenvalue weighted by molar-refractivity contribution is 5.93. The molecule has 2 N–H and O–H groups in total. The summed E-state index contributed by atoms with van der Waals surface area (Å²) in [4.78, 5) is 13.5. The molecule has 1 aromatic carbocycles. The molecule has 0 saturated heterocycles. The van der Waals surface area contributed by atoms with Gasteiger partial charge in [0.25, 0.3) is 5.91 Å². The van der Waals surface area contributed by atoms with Crippen LogP contribution in [-0.2, 0) is 6.54 Å². The minimum Gasteiger partial charge on any atom is -0.492 e. The molecule has 0 bridgehead atoms. The van der Waals surface area contributed by atoms with E-state index in [1.807, 2.05) is 13.1 Å². The Morgan fingerprint density at radius 3 is 3.06 bits per heavy atom. The number of fused-ring (bicyclic) bond motifs is 1. The fraction of sp³-hybridized carbons (Fsp3) is 0.417. The normalized spacial score (nSPS) is 20.1. The van der Waals surface area contributed by atoms with Gasteiger partial charge in [0.15, 0.2) is 0 Å². The smallest absolute Gasteiger partial charge is 0.274 e. The Bertz CT molecular complexity index is 434. The van der Waals surface area contributed by atoms with E-state index in [0.717, 1.165) is 12.1 Å². The van der Waals surface area contributed by atoms with Gasteiger partial charge in [-0.15, -0.1) is 0 Å². The molecule has 1 amide bonds. The number of hydrogen-bond acceptors (Lipinski definition) is 4. The van der Waals surface area contributed by atoms with Crippen LogP contribution < -0.4 is 10.2 Å². The van der Waals surface area contributed by atoms with Crippen LogP contribution in [-0.4, -0.2) is 35.7 Å². The van der Waals surface area contributed by atoms with Gasteiger partial charge in [-0.1, -0.05) is 6.07 Å². The number of nitrogens with zero attached hydrogens (tertiary/aromatic N) is 1. The average Bonchev–Trinajstić information content (AvgIpc) is 2.48. The molecule has 1 aliphatic rings. The van der Waals surface area contributed by atoms with Crippen molar-refractivity contribution in [1.82, 2.24) is 10.4 Å². The number of amides is 1. The van der Waals surface area contributed by atoms with Crippen LogP contribution in [0, 0.1) is 0 Å². The first-order chi connectivity index (χ1) is 8.11. The largest absolute Gasteiger partial charge is 0.492 e. The molecule has 0 saturated carbocycles. The number of hydrogen-bond donors (Lipinski definition) is 2. The van der Waals surface area contributed by atoms with Crippen LogP contribution in [0.2, 0.25) is 0 Å². The van der Waals surface area contributed by atoms with Gasteiger partial charge in [-0.2, -0.15) is 0 Å². The van der Waals surface area contributed by atoms with Gasteiger partial charge in [0.05, 0.1) is 0 Å². The Kier molecular flexibility index (Phi) is 3.31. The monoisotopic (exact) mass is 236 g/mol. The van der Waals surface area contributed by atoms with E-state index >= 15 is 0 Å². The van der Waals surface area contributed by atoms with Crippen LogP contribution in [0.25, 0.3) is 0 Å². The van der Waals surface area contributed by atoms with E-state index in [4.69, 9.17) is 9.94 Å². The molecule has 92 valence electrons. The average molecular weight is 236 g/mol. The van der Waals surface area contributed by atoms with Gasteiger partial charge in [-0.25, -0.2) is 5.48 Å². The molecule has 0 aromatic heterocycles. The van der Waals surface area contributed by atoms with E-state index in [1.165, 1.54) is 0 Å². The van der Waals surface area contributed by atoms with Gasteiger partial charge in [0, 0.05) is 23.7 Å². The number of rotatable bonds is 1. The molecular weight excluding hydrogens is 220 g/mol. The fourth-order valence-corrected chi connectivity index (χ4v) is 1.79. The van der Waals surface area contributed by atoms with E-state index in [-0.39, 0.29) is 0 Å². The molecule has 0 aliphatic carbocycles. The second-order valence-corrected chi connectivity index (χ2v) is 4.34. The van der Waals surface area contributed by atoms with Crippen LogP contribution in [0.15, 0.2) is 18.2 Å². The Morgan fingerprint density at radius 2 is 2.35 bits per heavy atom. The lowest BCUT2D eigenvalue weighted by molar-refractivity contribution is 0.0706. The van der Waals surface area contributed by atoms with Gasteiger partial charge in [-0.3, -0.25) is 14.9 Å². The number of carbonyl (C=O) groups excluding carboxylic acids is 1. The fourth-order valence-electron chi connectivity index (χ4n) is 1.79. The van der Waals surface area contributed by atoms with Gasteiger partial charge < -0.3 is 4.74 Å². The molecule has 0 unspecified atom stereocenters. The van der Waals surface area contributed by atoms with E-state index in [9.17, 15) is 4.79 Å². The third-order valence-corrected chi connectivity index (χ3v) is 3.08. The number of ether oxygens (including phenoxy) is 1. The number of hydroxylamine groups is 1. The summed E-state index contributed by atoms with van der Waals surface area (Å²) in [6.07, 6.45) is 0. The summed E-state index contributed by atoms with van der Waals surface area (Å²) < 4.78 is 5.66. The minimum absolute atomic E-state index is 0.331. The summed E-state index contributed by atoms with van der Waals surface area (Å²) in [6.45, 7) is 3.47. The first-order valence-electron chi connectivity index (χ1n) is 5.52. The summed E-state index contributed by atoms with van der Waals surface area (Å²) in [7, 11) is 2.04. The van der Waals surface area contributed by atoms with Crippen molar-refractivity contribution < 1.29 is 14.7 Å². The molecule has 0 spiro atoms. The summed E-state index contributed by atoms with van der Waals surface area (Å²) in [5.74, 6) is 0.185. The Balaban J connectivity index is 2.31. The predicted octanol–water partition coefficient (Wildman–Crippen LogP) is 1.02. The molecule has 5 heteroatoms. The SMILES string of the molecule is C[C@@H]1COc2cc(C(=O)NO)ccc2CN1C. The third-order valence-electron chi connectivity index (χ3n) is 3.08. The van der Waals surface area contributed by atoms with E-state index < -0.39 is 5.91 Å². The van der Waals surface area contributed by atoms with Crippen molar-refractivity contribution in [3.8, 4) is 5.75 Å². The van der Waals surface area contributed by atoms with E-state index in [1.54, 1.807) is 17.6 Å². The van der Waals surface area contributed by atoms with Crippen molar-refractivity contribution in [1.29, 1.82) is 0 Å². The maximum Gasteiger partial charge on any atom is 0.274 e. The first-order valence-corrected chi connectivity index (χ1v) is 5.52. The maximum absolute atomic E-state index is 11.3. The Morgan fingerprint density at radius 1 is 1.59 bits per heavy atom. The summed E-state index contributed by atoms with van der Waals surface area (Å²) in [6, 6.07) is 5.52.